The number of amides is 1. The molecule has 2 nitrogen and oxygen atoms in total. The van der Waals surface area contributed by atoms with Crippen molar-refractivity contribution in [1.82, 2.24) is 4.90 Å². The number of carbonyl (C=O) groups excluding carboxylic acids is 1. The van der Waals surface area contributed by atoms with E-state index in [0.29, 0.717) is 0 Å². The molecule has 0 N–H and O–H groups in total. The van der Waals surface area contributed by atoms with Gasteiger partial charge < -0.3 is 4.90 Å². The third-order valence-electron chi connectivity index (χ3n) is 2.80. The van der Waals surface area contributed by atoms with Gasteiger partial charge in [0.25, 0.3) is 5.91 Å². The monoisotopic (exact) mass is 301 g/mol. The van der Waals surface area contributed by atoms with E-state index in [4.69, 9.17) is 11.6 Å². The lowest BCUT2D eigenvalue weighted by atomic mass is 10.1. The molecule has 1 aliphatic heterocycles. The lowest BCUT2D eigenvalue weighted by Crippen LogP contribution is -2.38. The van der Waals surface area contributed by atoms with Crippen LogP contribution in [0.4, 0.5) is 0 Å². The van der Waals surface area contributed by atoms with Crippen LogP contribution >= 0.6 is 27.5 Å². The molecular weight excluding hydrogens is 289 g/mol. The van der Waals surface area contributed by atoms with Gasteiger partial charge in [-0.05, 0) is 37.1 Å². The van der Waals surface area contributed by atoms with Gasteiger partial charge in [0.2, 0.25) is 0 Å². The third-order valence-corrected chi connectivity index (χ3v) is 3.77. The maximum absolute atomic E-state index is 12.1. The molecule has 1 amide bonds. The van der Waals surface area contributed by atoms with Crippen molar-refractivity contribution in [3.8, 4) is 0 Å². The van der Waals surface area contributed by atoms with Gasteiger partial charge in [0.15, 0.2) is 0 Å². The van der Waals surface area contributed by atoms with Crippen LogP contribution in [-0.2, 0) is 0 Å². The van der Waals surface area contributed by atoms with E-state index in [2.05, 4.69) is 15.9 Å². The van der Waals surface area contributed by atoms with Crippen LogP contribution in [0.15, 0.2) is 28.7 Å². The molecule has 1 aromatic carbocycles. The maximum Gasteiger partial charge on any atom is 0.253 e. The summed E-state index contributed by atoms with van der Waals surface area (Å²) < 4.78 is 0.989. The molecule has 2 rings (SSSR count). The molecule has 0 aromatic heterocycles. The molecule has 0 bridgehead atoms. The second-order valence-electron chi connectivity index (χ2n) is 3.97. The molecule has 1 heterocycles. The fourth-order valence-corrected chi connectivity index (χ4v) is 2.29. The summed E-state index contributed by atoms with van der Waals surface area (Å²) in [6.07, 6.45) is 1.79. The van der Waals surface area contributed by atoms with Gasteiger partial charge in [0, 0.05) is 28.5 Å². The van der Waals surface area contributed by atoms with Crippen molar-refractivity contribution in [3.05, 3.63) is 34.3 Å². The Morgan fingerprint density at radius 2 is 1.81 bits per heavy atom. The Bertz CT molecular complexity index is 371. The van der Waals surface area contributed by atoms with Crippen LogP contribution in [0, 0.1) is 0 Å². The van der Waals surface area contributed by atoms with Crippen molar-refractivity contribution in [3.63, 3.8) is 0 Å². The van der Waals surface area contributed by atoms with Crippen molar-refractivity contribution < 1.29 is 4.79 Å². The second-order valence-corrected chi connectivity index (χ2v) is 5.51. The van der Waals surface area contributed by atoms with E-state index in [-0.39, 0.29) is 11.3 Å². The molecule has 0 radical (unpaired) electrons. The number of alkyl halides is 1. The zero-order valence-corrected chi connectivity index (χ0v) is 11.2. The molecule has 1 aliphatic rings. The first-order valence-electron chi connectivity index (χ1n) is 5.36. The third kappa shape index (κ3) is 2.77. The summed E-state index contributed by atoms with van der Waals surface area (Å²) in [6.45, 7) is 1.53. The fourth-order valence-electron chi connectivity index (χ4n) is 1.83. The van der Waals surface area contributed by atoms with Gasteiger partial charge >= 0.3 is 0 Å². The first kappa shape index (κ1) is 11.9. The molecule has 0 saturated carbocycles. The molecule has 1 aromatic rings. The molecule has 16 heavy (non-hydrogen) atoms. The zero-order valence-electron chi connectivity index (χ0n) is 8.83. The molecular formula is C12H13BrClNO. The minimum Gasteiger partial charge on any atom is -0.339 e. The minimum atomic E-state index is 0.107. The van der Waals surface area contributed by atoms with Gasteiger partial charge in [-0.2, -0.15) is 0 Å². The SMILES string of the molecule is O=C(c1ccc(Br)cc1)N1CCC(Cl)CC1. The van der Waals surface area contributed by atoms with Gasteiger partial charge in [0.1, 0.15) is 0 Å². The lowest BCUT2D eigenvalue weighted by Gasteiger charge is -2.29. The van der Waals surface area contributed by atoms with Crippen LogP contribution in [-0.4, -0.2) is 29.3 Å². The number of rotatable bonds is 1. The molecule has 0 unspecified atom stereocenters. The minimum absolute atomic E-state index is 0.107. The predicted octanol–water partition coefficient (Wildman–Crippen LogP) is 3.29. The first-order valence-corrected chi connectivity index (χ1v) is 6.58. The summed E-state index contributed by atoms with van der Waals surface area (Å²) in [5.74, 6) is 0.107. The maximum atomic E-state index is 12.1. The van der Waals surface area contributed by atoms with Crippen molar-refractivity contribution in [2.24, 2.45) is 0 Å². The number of halogens is 2. The van der Waals surface area contributed by atoms with E-state index in [1.54, 1.807) is 0 Å². The van der Waals surface area contributed by atoms with E-state index >= 15 is 0 Å². The summed E-state index contributed by atoms with van der Waals surface area (Å²) in [7, 11) is 0. The number of likely N-dealkylation sites (tertiary alicyclic amines) is 1. The molecule has 1 saturated heterocycles. The Morgan fingerprint density at radius 3 is 2.38 bits per heavy atom. The highest BCUT2D eigenvalue weighted by molar-refractivity contribution is 9.10. The number of hydrogen-bond acceptors (Lipinski definition) is 1. The number of benzene rings is 1. The lowest BCUT2D eigenvalue weighted by molar-refractivity contribution is 0.0726. The number of piperidine rings is 1. The topological polar surface area (TPSA) is 20.3 Å². The van der Waals surface area contributed by atoms with Crippen LogP contribution in [0.3, 0.4) is 0 Å². The second kappa shape index (κ2) is 5.19. The highest BCUT2D eigenvalue weighted by Gasteiger charge is 2.21. The van der Waals surface area contributed by atoms with Crippen LogP contribution in [0.25, 0.3) is 0 Å². The Labute approximate surface area is 109 Å². The van der Waals surface area contributed by atoms with Crippen molar-refractivity contribution in [2.45, 2.75) is 18.2 Å². The van der Waals surface area contributed by atoms with Crippen LogP contribution in [0.1, 0.15) is 23.2 Å². The highest BCUT2D eigenvalue weighted by atomic mass is 79.9. The summed E-state index contributed by atoms with van der Waals surface area (Å²) in [5.41, 5.74) is 0.747. The van der Waals surface area contributed by atoms with Crippen LogP contribution in [0.5, 0.6) is 0 Å². The van der Waals surface area contributed by atoms with Gasteiger partial charge in [-0.15, -0.1) is 11.6 Å². The number of carbonyl (C=O) groups is 1. The fraction of sp³-hybridized carbons (Fsp3) is 0.417. The van der Waals surface area contributed by atoms with Crippen molar-refractivity contribution >= 4 is 33.4 Å². The predicted molar refractivity (Wildman–Crippen MR) is 68.9 cm³/mol. The molecule has 0 aliphatic carbocycles. The van der Waals surface area contributed by atoms with Gasteiger partial charge in [-0.1, -0.05) is 15.9 Å². The first-order chi connectivity index (χ1) is 7.66. The van der Waals surface area contributed by atoms with Gasteiger partial charge in [0.05, 0.1) is 0 Å². The molecule has 1 fully saturated rings. The van der Waals surface area contributed by atoms with E-state index < -0.39 is 0 Å². The van der Waals surface area contributed by atoms with Gasteiger partial charge in [-0.25, -0.2) is 0 Å². The van der Waals surface area contributed by atoms with Crippen LogP contribution < -0.4 is 0 Å². The standard InChI is InChI=1S/C12H13BrClNO/c13-10-3-1-9(2-4-10)12(16)15-7-5-11(14)6-8-15/h1-4,11H,5-8H2. The van der Waals surface area contributed by atoms with Crippen molar-refractivity contribution in [2.75, 3.05) is 13.1 Å². The Hall–Kier alpha value is -0.540. The smallest absolute Gasteiger partial charge is 0.253 e. The van der Waals surface area contributed by atoms with E-state index in [1.807, 2.05) is 29.2 Å². The zero-order chi connectivity index (χ0) is 11.5. The highest BCUT2D eigenvalue weighted by Crippen LogP contribution is 2.18. The quantitative estimate of drug-likeness (QED) is 0.729. The Balaban J connectivity index is 2.05. The normalized spacial score (nSPS) is 17.5. The largest absolute Gasteiger partial charge is 0.339 e. The summed E-state index contributed by atoms with van der Waals surface area (Å²) in [6, 6.07) is 7.47. The van der Waals surface area contributed by atoms with E-state index in [9.17, 15) is 4.79 Å². The molecule has 4 heteroatoms. The van der Waals surface area contributed by atoms with E-state index in [1.165, 1.54) is 0 Å². The Morgan fingerprint density at radius 1 is 1.25 bits per heavy atom. The van der Waals surface area contributed by atoms with Gasteiger partial charge in [-0.3, -0.25) is 4.79 Å². The van der Waals surface area contributed by atoms with Crippen LogP contribution in [0.2, 0.25) is 0 Å². The van der Waals surface area contributed by atoms with Crippen molar-refractivity contribution in [1.29, 1.82) is 0 Å². The summed E-state index contributed by atoms with van der Waals surface area (Å²) >= 11 is 9.37. The van der Waals surface area contributed by atoms with E-state index in [0.717, 1.165) is 36.0 Å². The molecule has 86 valence electrons. The Kier molecular flexibility index (Phi) is 3.87. The summed E-state index contributed by atoms with van der Waals surface area (Å²) in [5, 5.41) is 0.231. The number of hydrogen-bond donors (Lipinski definition) is 0. The molecule has 0 spiro atoms. The average molecular weight is 303 g/mol. The average Bonchev–Trinajstić information content (AvgIpc) is 2.30. The molecule has 0 atom stereocenters. The number of nitrogens with zero attached hydrogens (tertiary/aromatic N) is 1. The summed E-state index contributed by atoms with van der Waals surface area (Å²) in [4.78, 5) is 14.0.